The number of hydrogen-bond acceptors (Lipinski definition) is 0. The maximum atomic E-state index is 4.21. The first-order valence-electron chi connectivity index (χ1n) is 10.2. The van der Waals surface area contributed by atoms with Crippen molar-refractivity contribution in [3.8, 4) is 0 Å². The monoisotopic (exact) mass is 407 g/mol. The van der Waals surface area contributed by atoms with Gasteiger partial charge in [0, 0.05) is 0 Å². The van der Waals surface area contributed by atoms with Gasteiger partial charge in [0.05, 0.1) is 0 Å². The van der Waals surface area contributed by atoms with E-state index in [-0.39, 0.29) is 21.7 Å². The molecule has 0 radical (unpaired) electrons. The summed E-state index contributed by atoms with van der Waals surface area (Å²) in [4.78, 5) is 0. The minimum atomic E-state index is 0. The second kappa shape index (κ2) is 27.6. The Kier molecular flexibility index (Phi) is 31.9. The smallest absolute Gasteiger partial charge is 0.663 e. The summed E-state index contributed by atoms with van der Waals surface area (Å²) in [6, 6.07) is 14.7. The van der Waals surface area contributed by atoms with Crippen LogP contribution in [-0.4, -0.2) is 39.3 Å². The molecule has 0 unspecified atom stereocenters. The Morgan fingerprint density at radius 1 is 0.667 bits per heavy atom. The molecule has 0 saturated carbocycles. The largest absolute Gasteiger partial charge is 4.00 e. The van der Waals surface area contributed by atoms with E-state index in [2.05, 4.69) is 72.3 Å². The van der Waals surface area contributed by atoms with Crippen molar-refractivity contribution in [2.75, 3.05) is 39.3 Å². The third-order valence-electron chi connectivity index (χ3n) is 3.21. The van der Waals surface area contributed by atoms with E-state index in [1.165, 1.54) is 23.6 Å². The summed E-state index contributed by atoms with van der Waals surface area (Å²) in [6.45, 7) is 18.5. The molecule has 0 aliphatic rings. The van der Waals surface area contributed by atoms with Crippen LogP contribution in [0.1, 0.15) is 54.4 Å². The Labute approximate surface area is 184 Å². The quantitative estimate of drug-likeness (QED) is 0.246. The van der Waals surface area contributed by atoms with Crippen LogP contribution in [0.15, 0.2) is 42.5 Å². The second-order valence-electron chi connectivity index (χ2n) is 5.54. The Morgan fingerprint density at radius 2 is 1.15 bits per heavy atom. The zero-order chi connectivity index (χ0) is 19.9. The molecule has 0 aliphatic heterocycles. The van der Waals surface area contributed by atoms with Crippen LogP contribution in [-0.2, 0) is 21.7 Å². The van der Waals surface area contributed by atoms with Gasteiger partial charge in [0.25, 0.3) is 0 Å². The number of hydrogen-bond donors (Lipinski definition) is 0. The van der Waals surface area contributed by atoms with Crippen LogP contribution in [0.2, 0.25) is 0 Å². The molecule has 0 atom stereocenters. The molecule has 152 valence electrons. The molecule has 2 aromatic rings. The molecule has 0 heterocycles. The first-order chi connectivity index (χ1) is 12.7. The molecule has 4 heteroatoms. The second-order valence-corrected chi connectivity index (χ2v) is 5.54. The molecule has 0 saturated heterocycles. The van der Waals surface area contributed by atoms with E-state index in [4.69, 9.17) is 0 Å². The van der Waals surface area contributed by atoms with Crippen molar-refractivity contribution in [1.29, 1.82) is 0 Å². The normalized spacial score (nSPS) is 8.96. The molecule has 0 aromatic heterocycles. The van der Waals surface area contributed by atoms with Crippen LogP contribution in [0.5, 0.6) is 0 Å². The van der Waals surface area contributed by atoms with Gasteiger partial charge in [-0.1, -0.05) is 60.5 Å². The molecular weight excluding hydrogens is 366 g/mol. The van der Waals surface area contributed by atoms with Crippen molar-refractivity contribution in [3.63, 3.8) is 0 Å². The van der Waals surface area contributed by atoms with Crippen molar-refractivity contribution in [2.45, 2.75) is 54.4 Å². The Balaban J connectivity index is -0.000000293. The van der Waals surface area contributed by atoms with E-state index in [1.54, 1.807) is 0 Å². The zero-order valence-electron chi connectivity index (χ0n) is 18.5. The van der Waals surface area contributed by atoms with Gasteiger partial charge in [-0.25, -0.2) is 0 Å². The first kappa shape index (κ1) is 31.1. The average Bonchev–Trinajstić information content (AvgIpc) is 3.14. The van der Waals surface area contributed by atoms with Crippen LogP contribution in [0.4, 0.5) is 0 Å². The Hall–Kier alpha value is -0.576. The van der Waals surface area contributed by atoms with Crippen molar-refractivity contribution in [2.24, 2.45) is 0 Å². The topological polar surface area (TPSA) is 42.3 Å². The molecule has 2 aromatic carbocycles. The van der Waals surface area contributed by atoms with Gasteiger partial charge in [0.15, 0.2) is 0 Å². The molecule has 0 fully saturated rings. The van der Waals surface area contributed by atoms with Gasteiger partial charge in [0.1, 0.15) is 0 Å². The van der Waals surface area contributed by atoms with E-state index >= 15 is 0 Å². The number of rotatable bonds is 8. The van der Waals surface area contributed by atoms with E-state index in [0.717, 1.165) is 39.3 Å². The summed E-state index contributed by atoms with van der Waals surface area (Å²) >= 11 is 0. The Morgan fingerprint density at radius 3 is 1.52 bits per heavy atom. The predicted octanol–water partition coefficient (Wildman–Crippen LogP) is 7.54. The molecular formula is C23H41N3Ti. The van der Waals surface area contributed by atoms with Crippen LogP contribution in [0.25, 0.3) is 26.7 Å². The van der Waals surface area contributed by atoms with Crippen molar-refractivity contribution < 1.29 is 21.7 Å². The summed E-state index contributed by atoms with van der Waals surface area (Å²) in [5.41, 5.74) is 0. The third-order valence-corrected chi connectivity index (χ3v) is 3.21. The number of fused-ring (bicyclic) bond motifs is 1. The van der Waals surface area contributed by atoms with Gasteiger partial charge in [0.2, 0.25) is 0 Å². The van der Waals surface area contributed by atoms with Crippen LogP contribution in [0, 0.1) is 0 Å². The predicted molar refractivity (Wildman–Crippen MR) is 122 cm³/mol. The standard InChI is InChI=1S/C9H7.C6H14N.2C4H10N.Ti/c1-2-5-9-7-3-6-8(9)4-1;1-3-5-7-6-4-2;2*1-3-5-4-2;/h1-7H;3-6H2,1-2H3;2*3-4H2,1-2H3;/q4*-1;+4. The molecule has 0 bridgehead atoms. The van der Waals surface area contributed by atoms with Crippen molar-refractivity contribution >= 4 is 10.8 Å². The van der Waals surface area contributed by atoms with Crippen LogP contribution >= 0.6 is 0 Å². The summed E-state index contributed by atoms with van der Waals surface area (Å²) in [5.74, 6) is 0. The number of benzene rings is 1. The van der Waals surface area contributed by atoms with E-state index < -0.39 is 0 Å². The summed E-state index contributed by atoms with van der Waals surface area (Å²) in [5, 5.41) is 14.8. The van der Waals surface area contributed by atoms with Gasteiger partial charge < -0.3 is 16.0 Å². The minimum absolute atomic E-state index is 0. The number of nitrogens with zero attached hydrogens (tertiary/aromatic N) is 3. The SMILES string of the molecule is CCC[N-]CCC.CC[N-]CC.CC[N-]CC.[Ti+4].c1ccc2[cH-]ccc2c1. The molecule has 2 rings (SSSR count). The summed E-state index contributed by atoms with van der Waals surface area (Å²) in [6.07, 6.45) is 2.39. The molecule has 0 amide bonds. The van der Waals surface area contributed by atoms with E-state index in [0.29, 0.717) is 0 Å². The molecule has 3 nitrogen and oxygen atoms in total. The van der Waals surface area contributed by atoms with E-state index in [1.807, 2.05) is 27.7 Å². The first-order valence-corrected chi connectivity index (χ1v) is 10.2. The van der Waals surface area contributed by atoms with Gasteiger partial charge in [-0.05, 0) is 0 Å². The van der Waals surface area contributed by atoms with Crippen molar-refractivity contribution in [3.05, 3.63) is 58.4 Å². The van der Waals surface area contributed by atoms with Gasteiger partial charge >= 0.3 is 21.7 Å². The minimum Gasteiger partial charge on any atom is -0.663 e. The van der Waals surface area contributed by atoms with Crippen molar-refractivity contribution in [1.82, 2.24) is 0 Å². The van der Waals surface area contributed by atoms with Crippen LogP contribution in [0.3, 0.4) is 0 Å². The maximum absolute atomic E-state index is 4.21. The summed E-state index contributed by atoms with van der Waals surface area (Å²) < 4.78 is 0. The molecule has 27 heavy (non-hydrogen) atoms. The fourth-order valence-electron chi connectivity index (χ4n) is 1.95. The average molecular weight is 407 g/mol. The maximum Gasteiger partial charge on any atom is 4.00 e. The molecule has 0 spiro atoms. The fourth-order valence-corrected chi connectivity index (χ4v) is 1.95. The van der Waals surface area contributed by atoms with Gasteiger partial charge in [-0.2, -0.15) is 43.7 Å². The molecule has 0 N–H and O–H groups in total. The summed E-state index contributed by atoms with van der Waals surface area (Å²) in [7, 11) is 0. The van der Waals surface area contributed by atoms with E-state index in [9.17, 15) is 0 Å². The van der Waals surface area contributed by atoms with Crippen LogP contribution < -0.4 is 0 Å². The third kappa shape index (κ3) is 23.4. The van der Waals surface area contributed by atoms with Gasteiger partial charge in [-0.15, -0.1) is 42.7 Å². The van der Waals surface area contributed by atoms with Gasteiger partial charge in [-0.3, -0.25) is 0 Å². The Bertz CT molecular complexity index is 427. The zero-order valence-corrected chi connectivity index (χ0v) is 20.1. The molecule has 0 aliphatic carbocycles. The fraction of sp³-hybridized carbons (Fsp3) is 0.609.